The van der Waals surface area contributed by atoms with Crippen molar-refractivity contribution in [2.75, 3.05) is 7.05 Å². The van der Waals surface area contributed by atoms with Gasteiger partial charge in [0.15, 0.2) is 0 Å². The van der Waals surface area contributed by atoms with Crippen LogP contribution in [0.3, 0.4) is 0 Å². The SMILES string of the molecule is CN(C(=O)c1cc2ccccc2s1)[C@H]1CCc2ccccc21. The zero-order valence-corrected chi connectivity index (χ0v) is 13.3. The van der Waals surface area contributed by atoms with Gasteiger partial charge in [0.05, 0.1) is 10.9 Å². The van der Waals surface area contributed by atoms with Crippen LogP contribution in [0.15, 0.2) is 54.6 Å². The third kappa shape index (κ3) is 2.13. The van der Waals surface area contributed by atoms with Crippen LogP contribution in [-0.2, 0) is 6.42 Å². The van der Waals surface area contributed by atoms with Crippen LogP contribution < -0.4 is 0 Å². The van der Waals surface area contributed by atoms with E-state index in [1.807, 2.05) is 30.1 Å². The molecule has 22 heavy (non-hydrogen) atoms. The standard InChI is InChI=1S/C19H17NOS/c1-20(16-11-10-13-6-2-4-8-15(13)16)19(21)18-12-14-7-3-5-9-17(14)22-18/h2-9,12,16H,10-11H2,1H3/t16-/m0/s1. The van der Waals surface area contributed by atoms with Gasteiger partial charge in [0.1, 0.15) is 0 Å². The molecule has 0 fully saturated rings. The first kappa shape index (κ1) is 13.5. The van der Waals surface area contributed by atoms with Crippen LogP contribution in [0, 0.1) is 0 Å². The maximum atomic E-state index is 12.8. The summed E-state index contributed by atoms with van der Waals surface area (Å²) in [7, 11) is 1.93. The normalized spacial score (nSPS) is 16.7. The van der Waals surface area contributed by atoms with Gasteiger partial charge < -0.3 is 4.90 Å². The molecule has 110 valence electrons. The Kier molecular flexibility index (Phi) is 3.23. The van der Waals surface area contributed by atoms with Crippen LogP contribution in [0.5, 0.6) is 0 Å². The molecule has 4 rings (SSSR count). The molecular formula is C19H17NOS. The monoisotopic (exact) mass is 307 g/mol. The van der Waals surface area contributed by atoms with E-state index in [0.29, 0.717) is 0 Å². The molecule has 3 heteroatoms. The molecule has 1 heterocycles. The summed E-state index contributed by atoms with van der Waals surface area (Å²) in [6.45, 7) is 0. The van der Waals surface area contributed by atoms with Gasteiger partial charge in [-0.2, -0.15) is 0 Å². The van der Waals surface area contributed by atoms with Crippen LogP contribution in [0.4, 0.5) is 0 Å². The van der Waals surface area contributed by atoms with Gasteiger partial charge in [-0.3, -0.25) is 4.79 Å². The minimum Gasteiger partial charge on any atom is -0.334 e. The van der Waals surface area contributed by atoms with Crippen LogP contribution in [0.1, 0.15) is 33.3 Å². The minimum absolute atomic E-state index is 0.128. The molecule has 2 nitrogen and oxygen atoms in total. The van der Waals surface area contributed by atoms with Gasteiger partial charge >= 0.3 is 0 Å². The first-order valence-corrected chi connectivity index (χ1v) is 8.39. The van der Waals surface area contributed by atoms with Gasteiger partial charge in [-0.1, -0.05) is 42.5 Å². The lowest BCUT2D eigenvalue weighted by Crippen LogP contribution is -2.29. The molecule has 1 aromatic heterocycles. The second-order valence-corrected chi connectivity index (χ2v) is 6.90. The van der Waals surface area contributed by atoms with E-state index >= 15 is 0 Å². The Labute approximate surface area is 134 Å². The molecule has 0 spiro atoms. The summed E-state index contributed by atoms with van der Waals surface area (Å²) in [5.41, 5.74) is 2.68. The van der Waals surface area contributed by atoms with Gasteiger partial charge in [-0.25, -0.2) is 0 Å². The molecular weight excluding hydrogens is 290 g/mol. The van der Waals surface area contributed by atoms with Crippen molar-refractivity contribution in [2.45, 2.75) is 18.9 Å². The lowest BCUT2D eigenvalue weighted by Gasteiger charge is -2.25. The van der Waals surface area contributed by atoms with Crippen molar-refractivity contribution < 1.29 is 4.79 Å². The first-order chi connectivity index (χ1) is 10.7. The summed E-state index contributed by atoms with van der Waals surface area (Å²) in [6, 6.07) is 18.9. The lowest BCUT2D eigenvalue weighted by atomic mass is 10.1. The Balaban J connectivity index is 1.65. The van der Waals surface area contributed by atoms with E-state index in [9.17, 15) is 4.79 Å². The number of fused-ring (bicyclic) bond motifs is 2. The van der Waals surface area contributed by atoms with Crippen molar-refractivity contribution in [3.8, 4) is 0 Å². The molecule has 0 saturated carbocycles. The molecule has 0 saturated heterocycles. The second kappa shape index (κ2) is 5.25. The largest absolute Gasteiger partial charge is 0.334 e. The summed E-state index contributed by atoms with van der Waals surface area (Å²) in [4.78, 5) is 15.6. The topological polar surface area (TPSA) is 20.3 Å². The number of rotatable bonds is 2. The Morgan fingerprint density at radius 1 is 1.14 bits per heavy atom. The number of amides is 1. The minimum atomic E-state index is 0.128. The zero-order valence-electron chi connectivity index (χ0n) is 12.5. The highest BCUT2D eigenvalue weighted by Crippen LogP contribution is 2.36. The van der Waals surface area contributed by atoms with E-state index in [1.165, 1.54) is 15.8 Å². The highest BCUT2D eigenvalue weighted by Gasteiger charge is 2.29. The van der Waals surface area contributed by atoms with Crippen LogP contribution in [0.25, 0.3) is 10.1 Å². The maximum Gasteiger partial charge on any atom is 0.264 e. The number of carbonyl (C=O) groups excluding carboxylic acids is 1. The zero-order chi connectivity index (χ0) is 15.1. The Bertz CT molecular complexity index is 818. The summed E-state index contributed by atoms with van der Waals surface area (Å²) < 4.78 is 1.17. The van der Waals surface area contributed by atoms with Crippen molar-refractivity contribution in [1.29, 1.82) is 0 Å². The number of benzene rings is 2. The highest BCUT2D eigenvalue weighted by molar-refractivity contribution is 7.20. The number of nitrogens with zero attached hydrogens (tertiary/aromatic N) is 1. The first-order valence-electron chi connectivity index (χ1n) is 7.57. The molecule has 1 aliphatic carbocycles. The molecule has 3 aromatic rings. The molecule has 1 atom stereocenters. The maximum absolute atomic E-state index is 12.8. The molecule has 0 N–H and O–H groups in total. The molecule has 1 aliphatic rings. The van der Waals surface area contributed by atoms with Crippen molar-refractivity contribution in [3.05, 3.63) is 70.6 Å². The van der Waals surface area contributed by atoms with E-state index < -0.39 is 0 Å². The molecule has 0 bridgehead atoms. The number of carbonyl (C=O) groups is 1. The fraction of sp³-hybridized carbons (Fsp3) is 0.211. The van der Waals surface area contributed by atoms with Gasteiger partial charge in [0.2, 0.25) is 0 Å². The van der Waals surface area contributed by atoms with Gasteiger partial charge in [0.25, 0.3) is 5.91 Å². The highest BCUT2D eigenvalue weighted by atomic mass is 32.1. The van der Waals surface area contributed by atoms with E-state index in [4.69, 9.17) is 0 Å². The van der Waals surface area contributed by atoms with E-state index in [-0.39, 0.29) is 11.9 Å². The lowest BCUT2D eigenvalue weighted by molar-refractivity contribution is 0.0735. The molecule has 0 unspecified atom stereocenters. The van der Waals surface area contributed by atoms with Crippen LogP contribution in [0.2, 0.25) is 0 Å². The number of thiophene rings is 1. The van der Waals surface area contributed by atoms with Gasteiger partial charge in [-0.15, -0.1) is 11.3 Å². The summed E-state index contributed by atoms with van der Waals surface area (Å²) in [5, 5.41) is 1.15. The predicted molar refractivity (Wildman–Crippen MR) is 91.4 cm³/mol. The number of aryl methyl sites for hydroxylation is 1. The van der Waals surface area contributed by atoms with Gasteiger partial charge in [0, 0.05) is 11.7 Å². The smallest absolute Gasteiger partial charge is 0.264 e. The Morgan fingerprint density at radius 2 is 1.91 bits per heavy atom. The van der Waals surface area contributed by atoms with Crippen LogP contribution in [-0.4, -0.2) is 17.9 Å². The average Bonchev–Trinajstić information content (AvgIpc) is 3.17. The molecule has 1 amide bonds. The fourth-order valence-electron chi connectivity index (χ4n) is 3.34. The van der Waals surface area contributed by atoms with Crippen molar-refractivity contribution in [1.82, 2.24) is 4.90 Å². The Hall–Kier alpha value is -2.13. The third-order valence-electron chi connectivity index (χ3n) is 4.53. The quantitative estimate of drug-likeness (QED) is 0.674. The number of hydrogen-bond donors (Lipinski definition) is 0. The Morgan fingerprint density at radius 3 is 2.77 bits per heavy atom. The molecule has 0 radical (unpaired) electrons. The fourth-order valence-corrected chi connectivity index (χ4v) is 4.39. The van der Waals surface area contributed by atoms with Crippen LogP contribution >= 0.6 is 11.3 Å². The summed E-state index contributed by atoms with van der Waals surface area (Å²) in [5.74, 6) is 0.128. The molecule has 2 aromatic carbocycles. The predicted octanol–water partition coefficient (Wildman–Crippen LogP) is 4.66. The second-order valence-electron chi connectivity index (χ2n) is 5.82. The van der Waals surface area contributed by atoms with Crippen molar-refractivity contribution in [2.24, 2.45) is 0 Å². The molecule has 0 aliphatic heterocycles. The number of hydrogen-bond acceptors (Lipinski definition) is 2. The van der Waals surface area contributed by atoms with E-state index in [0.717, 1.165) is 23.1 Å². The summed E-state index contributed by atoms with van der Waals surface area (Å²) in [6.07, 6.45) is 2.08. The van der Waals surface area contributed by atoms with E-state index in [2.05, 4.69) is 36.4 Å². The third-order valence-corrected chi connectivity index (χ3v) is 5.63. The van der Waals surface area contributed by atoms with Crippen molar-refractivity contribution >= 4 is 27.3 Å². The van der Waals surface area contributed by atoms with Crippen molar-refractivity contribution in [3.63, 3.8) is 0 Å². The van der Waals surface area contributed by atoms with E-state index in [1.54, 1.807) is 11.3 Å². The summed E-state index contributed by atoms with van der Waals surface area (Å²) >= 11 is 1.58. The average molecular weight is 307 g/mol. The van der Waals surface area contributed by atoms with Gasteiger partial charge in [-0.05, 0) is 41.5 Å².